The molecule has 0 aliphatic rings. The van der Waals surface area contributed by atoms with Gasteiger partial charge in [-0.3, -0.25) is 0 Å². The van der Waals surface area contributed by atoms with Crippen LogP contribution in [0.5, 0.6) is 0 Å². The van der Waals surface area contributed by atoms with Crippen LogP contribution in [0.4, 0.5) is 0 Å². The number of rotatable bonds is 2. The maximum absolute atomic E-state index is 2.39. The largest absolute Gasteiger partial charge is 0.152 e. The van der Waals surface area contributed by atoms with Crippen LogP contribution in [-0.4, -0.2) is 14.3 Å². The van der Waals surface area contributed by atoms with E-state index in [2.05, 4.69) is 37.3 Å². The van der Waals surface area contributed by atoms with Crippen molar-refractivity contribution in [2.75, 3.05) is 6.26 Å². The first kappa shape index (κ1) is 9.36. The molecule has 0 nitrogen and oxygen atoms in total. The lowest BCUT2D eigenvalue weighted by molar-refractivity contribution is 1.60. The molecule has 0 amide bonds. The zero-order valence-electron chi connectivity index (χ0n) is 7.47. The van der Waals surface area contributed by atoms with Gasteiger partial charge in [-0.2, -0.15) is 11.3 Å². The maximum Gasteiger partial charge on any atom is 0.0904 e. The molecule has 0 saturated carbocycles. The molecule has 62 valence electrons. The molecule has 0 fully saturated rings. The van der Waals surface area contributed by atoms with Crippen LogP contribution in [0.3, 0.4) is 0 Å². The lowest BCUT2D eigenvalue weighted by Gasteiger charge is -2.11. The summed E-state index contributed by atoms with van der Waals surface area (Å²) < 4.78 is 1.61. The molecular weight excluding hydrogens is 188 g/mol. The van der Waals surface area contributed by atoms with Gasteiger partial charge in [0.15, 0.2) is 0 Å². The Labute approximate surface area is 78.0 Å². The maximum atomic E-state index is 2.39. The van der Waals surface area contributed by atoms with Gasteiger partial charge in [-0.25, -0.2) is 0 Å². The van der Waals surface area contributed by atoms with Crippen molar-refractivity contribution in [1.82, 2.24) is 0 Å². The van der Waals surface area contributed by atoms with E-state index in [4.69, 9.17) is 0 Å². The van der Waals surface area contributed by atoms with Crippen molar-refractivity contribution < 1.29 is 0 Å². The Balaban J connectivity index is 2.89. The summed E-state index contributed by atoms with van der Waals surface area (Å²) in [6.45, 7) is 7.18. The highest BCUT2D eigenvalue weighted by atomic mass is 32.2. The van der Waals surface area contributed by atoms with Crippen LogP contribution in [0.1, 0.15) is 0 Å². The third-order valence-electron chi connectivity index (χ3n) is 1.55. The topological polar surface area (TPSA) is 0 Å². The first-order valence-corrected chi connectivity index (χ1v) is 9.27. The smallest absolute Gasteiger partial charge is 0.0904 e. The van der Waals surface area contributed by atoms with E-state index in [9.17, 15) is 0 Å². The van der Waals surface area contributed by atoms with Crippen molar-refractivity contribution in [3.05, 3.63) is 11.4 Å². The molecule has 11 heavy (non-hydrogen) atoms. The van der Waals surface area contributed by atoms with Crippen molar-refractivity contribution in [3.8, 4) is 0 Å². The number of thioether (sulfide) groups is 1. The lowest BCUT2D eigenvalue weighted by Crippen LogP contribution is -2.34. The third-order valence-corrected chi connectivity index (χ3v) is 6.96. The average Bonchev–Trinajstić information content (AvgIpc) is 2.32. The van der Waals surface area contributed by atoms with Crippen molar-refractivity contribution in [1.29, 1.82) is 0 Å². The first-order valence-electron chi connectivity index (χ1n) is 3.67. The first-order chi connectivity index (χ1) is 5.04. The third kappa shape index (κ3) is 2.35. The van der Waals surface area contributed by atoms with Crippen LogP contribution in [0, 0.1) is 0 Å². The quantitative estimate of drug-likeness (QED) is 0.525. The van der Waals surface area contributed by atoms with E-state index in [0.29, 0.717) is 0 Å². The molecule has 3 heteroatoms. The Bertz CT molecular complexity index is 234. The van der Waals surface area contributed by atoms with Gasteiger partial charge < -0.3 is 0 Å². The molecule has 0 unspecified atom stereocenters. The SMILES string of the molecule is CSc1csc([Si](C)(C)C)c1. The normalized spacial score (nSPS) is 12.0. The second-order valence-electron chi connectivity index (χ2n) is 3.60. The van der Waals surface area contributed by atoms with Gasteiger partial charge in [0.05, 0.1) is 8.07 Å². The highest BCUT2D eigenvalue weighted by Crippen LogP contribution is 2.19. The highest BCUT2D eigenvalue weighted by Gasteiger charge is 2.18. The zero-order chi connectivity index (χ0) is 8.48. The molecule has 0 aliphatic heterocycles. The second kappa shape index (κ2) is 3.33. The van der Waals surface area contributed by atoms with Crippen molar-refractivity contribution >= 4 is 35.7 Å². The van der Waals surface area contributed by atoms with Gasteiger partial charge in [-0.05, 0) is 16.8 Å². The molecule has 1 aromatic heterocycles. The Morgan fingerprint density at radius 3 is 2.27 bits per heavy atom. The van der Waals surface area contributed by atoms with Crippen LogP contribution < -0.4 is 4.50 Å². The van der Waals surface area contributed by atoms with Gasteiger partial charge in [0, 0.05) is 10.3 Å². The van der Waals surface area contributed by atoms with E-state index in [-0.39, 0.29) is 0 Å². The summed E-state index contributed by atoms with van der Waals surface area (Å²) in [7, 11) is -1.02. The summed E-state index contributed by atoms with van der Waals surface area (Å²) in [4.78, 5) is 1.42. The molecule has 0 aromatic carbocycles. The molecule has 0 spiro atoms. The number of thiophene rings is 1. The van der Waals surface area contributed by atoms with Gasteiger partial charge in [-0.1, -0.05) is 19.6 Å². The Hall–Kier alpha value is 0.267. The van der Waals surface area contributed by atoms with Crippen LogP contribution >= 0.6 is 23.1 Å². The van der Waals surface area contributed by atoms with Crippen molar-refractivity contribution in [2.24, 2.45) is 0 Å². The van der Waals surface area contributed by atoms with Crippen LogP contribution in [0.15, 0.2) is 16.3 Å². The van der Waals surface area contributed by atoms with Gasteiger partial charge >= 0.3 is 0 Å². The summed E-state index contributed by atoms with van der Waals surface area (Å²) in [5.41, 5.74) is 0. The van der Waals surface area contributed by atoms with Gasteiger partial charge in [0.25, 0.3) is 0 Å². The van der Waals surface area contributed by atoms with E-state index in [1.807, 2.05) is 23.1 Å². The Kier molecular flexibility index (Phi) is 2.83. The van der Waals surface area contributed by atoms with E-state index in [1.165, 1.54) is 4.90 Å². The van der Waals surface area contributed by atoms with E-state index < -0.39 is 8.07 Å². The minimum atomic E-state index is -1.02. The van der Waals surface area contributed by atoms with E-state index in [0.717, 1.165) is 0 Å². The summed E-state index contributed by atoms with van der Waals surface area (Å²) >= 11 is 3.76. The number of hydrogen-bond donors (Lipinski definition) is 0. The standard InChI is InChI=1S/C8H14S2Si/c1-9-7-5-8(10-6-7)11(2,3)4/h5-6H,1-4H3. The fourth-order valence-corrected chi connectivity index (χ4v) is 4.45. The van der Waals surface area contributed by atoms with Gasteiger partial charge in [0.1, 0.15) is 0 Å². The predicted molar refractivity (Wildman–Crippen MR) is 59.1 cm³/mol. The zero-order valence-corrected chi connectivity index (χ0v) is 10.1. The predicted octanol–water partition coefficient (Wildman–Crippen LogP) is 3.02. The number of hydrogen-bond acceptors (Lipinski definition) is 2. The average molecular weight is 202 g/mol. The Morgan fingerprint density at radius 2 is 2.00 bits per heavy atom. The summed E-state index contributed by atoms with van der Waals surface area (Å²) in [5, 5.41) is 2.26. The highest BCUT2D eigenvalue weighted by molar-refractivity contribution is 7.98. The monoisotopic (exact) mass is 202 g/mol. The van der Waals surface area contributed by atoms with Crippen LogP contribution in [0.2, 0.25) is 19.6 Å². The fraction of sp³-hybridized carbons (Fsp3) is 0.500. The molecule has 0 aliphatic carbocycles. The van der Waals surface area contributed by atoms with Gasteiger partial charge in [-0.15, -0.1) is 11.8 Å². The molecule has 0 N–H and O–H groups in total. The molecule has 0 radical (unpaired) electrons. The minimum Gasteiger partial charge on any atom is -0.152 e. The second-order valence-corrected chi connectivity index (χ2v) is 10.8. The van der Waals surface area contributed by atoms with E-state index in [1.54, 1.807) is 4.50 Å². The van der Waals surface area contributed by atoms with Crippen LogP contribution in [0.25, 0.3) is 0 Å². The molecule has 0 bridgehead atoms. The summed E-state index contributed by atoms with van der Waals surface area (Å²) in [6, 6.07) is 2.35. The molecule has 1 rings (SSSR count). The molecule has 0 atom stereocenters. The molecule has 1 heterocycles. The lowest BCUT2D eigenvalue weighted by atomic mass is 10.7. The van der Waals surface area contributed by atoms with Crippen molar-refractivity contribution in [2.45, 2.75) is 24.5 Å². The fourth-order valence-electron chi connectivity index (χ4n) is 0.819. The van der Waals surface area contributed by atoms with E-state index >= 15 is 0 Å². The van der Waals surface area contributed by atoms with Gasteiger partial charge in [0.2, 0.25) is 0 Å². The molecule has 0 saturated heterocycles. The minimum absolute atomic E-state index is 1.02. The summed E-state index contributed by atoms with van der Waals surface area (Å²) in [6.07, 6.45) is 2.13. The summed E-state index contributed by atoms with van der Waals surface area (Å²) in [5.74, 6) is 0. The van der Waals surface area contributed by atoms with Crippen molar-refractivity contribution in [3.63, 3.8) is 0 Å². The molecular formula is C8H14S2Si. The molecule has 1 aromatic rings. The van der Waals surface area contributed by atoms with Crippen LogP contribution in [-0.2, 0) is 0 Å². The Morgan fingerprint density at radius 1 is 1.36 bits per heavy atom.